The molecule has 0 aliphatic carbocycles. The van der Waals surface area contributed by atoms with Gasteiger partial charge in [-0.05, 0) is 55.7 Å². The molecule has 0 unspecified atom stereocenters. The van der Waals surface area contributed by atoms with E-state index in [9.17, 15) is 26.3 Å². The Morgan fingerprint density at radius 1 is 1.00 bits per heavy atom. The van der Waals surface area contributed by atoms with Gasteiger partial charge in [-0.1, -0.05) is 0 Å². The highest BCUT2D eigenvalue weighted by Gasteiger charge is 2.37. The molecule has 2 aromatic rings. The summed E-state index contributed by atoms with van der Waals surface area (Å²) in [4.78, 5) is 0. The fourth-order valence-electron chi connectivity index (χ4n) is 3.16. The van der Waals surface area contributed by atoms with Crippen molar-refractivity contribution in [3.05, 3.63) is 47.2 Å². The highest BCUT2D eigenvalue weighted by atomic mass is 19.4. The van der Waals surface area contributed by atoms with Crippen LogP contribution < -0.4 is 0 Å². The lowest BCUT2D eigenvalue weighted by Gasteiger charge is -2.18. The number of rotatable bonds is 3. The Kier molecular flexibility index (Phi) is 4.81. The van der Waals surface area contributed by atoms with Gasteiger partial charge in [0.05, 0.1) is 17.2 Å². The topological polar surface area (TPSA) is 14.2 Å². The van der Waals surface area contributed by atoms with E-state index in [2.05, 4.69) is 0 Å². The van der Waals surface area contributed by atoms with E-state index >= 15 is 0 Å². The van der Waals surface area contributed by atoms with Crippen molar-refractivity contribution >= 4 is 0 Å². The zero-order valence-corrected chi connectivity index (χ0v) is 13.9. The average molecular weight is 377 g/mol. The zero-order valence-electron chi connectivity index (χ0n) is 13.9. The molecule has 1 aromatic carbocycles. The maximum Gasteiger partial charge on any atom is 0.416 e. The molecule has 8 heteroatoms. The lowest BCUT2D eigenvalue weighted by Crippen LogP contribution is -2.17. The molecule has 1 atom stereocenters. The van der Waals surface area contributed by atoms with Crippen molar-refractivity contribution in [2.75, 3.05) is 6.61 Å². The van der Waals surface area contributed by atoms with E-state index in [4.69, 9.17) is 4.74 Å². The Hall–Kier alpha value is -1.96. The van der Waals surface area contributed by atoms with Gasteiger partial charge >= 0.3 is 12.4 Å². The number of alkyl halides is 6. The quantitative estimate of drug-likeness (QED) is 0.628. The lowest BCUT2D eigenvalue weighted by atomic mass is 10.0. The first-order valence-electron chi connectivity index (χ1n) is 8.13. The number of hydrogen-bond donors (Lipinski definition) is 0. The zero-order chi connectivity index (χ0) is 19.1. The normalized spacial score (nSPS) is 18.5. The first-order valence-corrected chi connectivity index (χ1v) is 8.13. The van der Waals surface area contributed by atoms with Gasteiger partial charge in [-0.25, -0.2) is 0 Å². The monoisotopic (exact) mass is 377 g/mol. The molecule has 1 saturated heterocycles. The van der Waals surface area contributed by atoms with Crippen LogP contribution in [0.15, 0.2) is 30.3 Å². The van der Waals surface area contributed by atoms with Crippen LogP contribution in [0.25, 0.3) is 11.3 Å². The Morgan fingerprint density at radius 2 is 1.62 bits per heavy atom. The van der Waals surface area contributed by atoms with Crippen LogP contribution in [0.1, 0.15) is 29.7 Å². The minimum atomic E-state index is -4.86. The van der Waals surface area contributed by atoms with Gasteiger partial charge in [0.2, 0.25) is 0 Å². The minimum absolute atomic E-state index is 0.0901. The maximum atomic E-state index is 13.1. The van der Waals surface area contributed by atoms with Gasteiger partial charge in [0, 0.05) is 24.5 Å². The van der Waals surface area contributed by atoms with Gasteiger partial charge in [-0.2, -0.15) is 26.3 Å². The third kappa shape index (κ3) is 3.90. The van der Waals surface area contributed by atoms with Gasteiger partial charge in [0.15, 0.2) is 0 Å². The van der Waals surface area contributed by atoms with Crippen LogP contribution in [0.2, 0.25) is 0 Å². The molecule has 2 nitrogen and oxygen atoms in total. The molecule has 0 N–H and O–H groups in total. The van der Waals surface area contributed by atoms with Crippen LogP contribution in [0.5, 0.6) is 0 Å². The van der Waals surface area contributed by atoms with Crippen molar-refractivity contribution in [2.24, 2.45) is 0 Å². The number of halogens is 6. The molecule has 3 rings (SSSR count). The molecule has 0 amide bonds. The number of aryl methyl sites for hydroxylation is 1. The molecule has 142 valence electrons. The molecule has 1 aliphatic heterocycles. The van der Waals surface area contributed by atoms with Crippen molar-refractivity contribution in [1.82, 2.24) is 4.57 Å². The van der Waals surface area contributed by atoms with Gasteiger partial charge in [0.25, 0.3) is 0 Å². The smallest absolute Gasteiger partial charge is 0.376 e. The summed E-state index contributed by atoms with van der Waals surface area (Å²) in [6.45, 7) is 2.77. The van der Waals surface area contributed by atoms with Crippen molar-refractivity contribution in [2.45, 2.75) is 44.8 Å². The molecule has 1 aromatic heterocycles. The van der Waals surface area contributed by atoms with Gasteiger partial charge in [-0.3, -0.25) is 0 Å². The Balaban J connectivity index is 2.08. The van der Waals surface area contributed by atoms with E-state index < -0.39 is 23.5 Å². The van der Waals surface area contributed by atoms with E-state index in [1.807, 2.05) is 0 Å². The highest BCUT2D eigenvalue weighted by molar-refractivity contribution is 5.64. The van der Waals surface area contributed by atoms with Crippen LogP contribution in [0.3, 0.4) is 0 Å². The second kappa shape index (κ2) is 6.64. The Morgan fingerprint density at radius 3 is 2.12 bits per heavy atom. The van der Waals surface area contributed by atoms with Crippen molar-refractivity contribution in [3.8, 4) is 11.3 Å². The third-order valence-electron chi connectivity index (χ3n) is 4.49. The molecule has 26 heavy (non-hydrogen) atoms. The number of nitrogens with zero attached hydrogens (tertiary/aromatic N) is 1. The summed E-state index contributed by atoms with van der Waals surface area (Å²) in [5.74, 6) is 0. The summed E-state index contributed by atoms with van der Waals surface area (Å²) in [7, 11) is 0. The summed E-state index contributed by atoms with van der Waals surface area (Å²) in [6, 6.07) is 4.88. The average Bonchev–Trinajstić information content (AvgIpc) is 3.16. The molecule has 1 aliphatic rings. The largest absolute Gasteiger partial charge is 0.416 e. The molecule has 0 spiro atoms. The maximum absolute atomic E-state index is 13.1. The fraction of sp³-hybridized carbons (Fsp3) is 0.444. The van der Waals surface area contributed by atoms with E-state index in [1.165, 1.54) is 0 Å². The molecule has 0 saturated carbocycles. The predicted octanol–water partition coefficient (Wildman–Crippen LogP) is 5.68. The first kappa shape index (κ1) is 18.8. The van der Waals surface area contributed by atoms with Gasteiger partial charge < -0.3 is 9.30 Å². The third-order valence-corrected chi connectivity index (χ3v) is 4.49. The number of benzene rings is 1. The fourth-order valence-corrected chi connectivity index (χ4v) is 3.16. The molecule has 0 bridgehead atoms. The number of hydrogen-bond acceptors (Lipinski definition) is 1. The summed E-state index contributed by atoms with van der Waals surface area (Å²) in [5.41, 5.74) is -1.68. The lowest BCUT2D eigenvalue weighted by molar-refractivity contribution is -0.143. The van der Waals surface area contributed by atoms with Crippen LogP contribution >= 0.6 is 0 Å². The van der Waals surface area contributed by atoms with Gasteiger partial charge in [0.1, 0.15) is 0 Å². The van der Waals surface area contributed by atoms with E-state index in [0.717, 1.165) is 30.7 Å². The minimum Gasteiger partial charge on any atom is -0.376 e. The van der Waals surface area contributed by atoms with E-state index in [0.29, 0.717) is 18.8 Å². The molecular formula is C18H17F6NO. The molecule has 1 fully saturated rings. The SMILES string of the molecule is Cc1ccc(-c2cc(C(F)(F)F)cc(C(F)(F)F)c2)n1C[C@H]1CCCO1. The first-order chi connectivity index (χ1) is 12.1. The summed E-state index contributed by atoms with van der Waals surface area (Å²) in [6.07, 6.45) is -8.11. The van der Waals surface area contributed by atoms with Crippen molar-refractivity contribution in [1.29, 1.82) is 0 Å². The summed E-state index contributed by atoms with van der Waals surface area (Å²) in [5, 5.41) is 0. The second-order valence-corrected chi connectivity index (χ2v) is 6.40. The molecule has 0 radical (unpaired) electrons. The number of aromatic nitrogens is 1. The van der Waals surface area contributed by atoms with Crippen molar-refractivity contribution in [3.63, 3.8) is 0 Å². The standard InChI is InChI=1S/C18H17F6NO/c1-11-4-5-16(25(11)10-15-3-2-6-26-15)12-7-13(17(19,20)21)9-14(8-12)18(22,23)24/h4-5,7-9,15H,2-3,6,10H2,1H3/t15-/m1/s1. The van der Waals surface area contributed by atoms with Crippen LogP contribution in [0.4, 0.5) is 26.3 Å². The summed E-state index contributed by atoms with van der Waals surface area (Å²) >= 11 is 0. The van der Waals surface area contributed by atoms with Crippen LogP contribution in [0, 0.1) is 6.92 Å². The Labute approximate surface area is 146 Å². The molecular weight excluding hydrogens is 360 g/mol. The Bertz CT molecular complexity index is 752. The molecule has 2 heterocycles. The highest BCUT2D eigenvalue weighted by Crippen LogP contribution is 2.39. The van der Waals surface area contributed by atoms with Crippen LogP contribution in [-0.2, 0) is 23.6 Å². The van der Waals surface area contributed by atoms with Gasteiger partial charge in [-0.15, -0.1) is 0 Å². The van der Waals surface area contributed by atoms with E-state index in [-0.39, 0.29) is 17.7 Å². The van der Waals surface area contributed by atoms with Crippen molar-refractivity contribution < 1.29 is 31.1 Å². The van der Waals surface area contributed by atoms with Crippen LogP contribution in [-0.4, -0.2) is 17.3 Å². The van der Waals surface area contributed by atoms with E-state index in [1.54, 1.807) is 23.6 Å². The number of ether oxygens (including phenoxy) is 1. The predicted molar refractivity (Wildman–Crippen MR) is 83.6 cm³/mol. The summed E-state index contributed by atoms with van der Waals surface area (Å²) < 4.78 is 85.8. The second-order valence-electron chi connectivity index (χ2n) is 6.40.